The monoisotopic (exact) mass is 322 g/mol. The third-order valence-corrected chi connectivity index (χ3v) is 4.77. The summed E-state index contributed by atoms with van der Waals surface area (Å²) in [5.74, 6) is 0.686. The molecule has 1 aliphatic carbocycles. The summed E-state index contributed by atoms with van der Waals surface area (Å²) >= 11 is 0. The molecule has 6 nitrogen and oxygen atoms in total. The van der Waals surface area contributed by atoms with Gasteiger partial charge in [0.25, 0.3) is 0 Å². The van der Waals surface area contributed by atoms with E-state index in [1.165, 1.54) is 0 Å². The van der Waals surface area contributed by atoms with E-state index >= 15 is 0 Å². The second-order valence-corrected chi connectivity index (χ2v) is 6.55. The van der Waals surface area contributed by atoms with Crippen molar-refractivity contribution in [3.05, 3.63) is 36.3 Å². The Morgan fingerprint density at radius 3 is 2.79 bits per heavy atom. The van der Waals surface area contributed by atoms with Crippen LogP contribution in [0.15, 0.2) is 30.6 Å². The first-order valence-corrected chi connectivity index (χ1v) is 8.49. The van der Waals surface area contributed by atoms with Crippen LogP contribution in [0.3, 0.4) is 0 Å². The van der Waals surface area contributed by atoms with Crippen molar-refractivity contribution < 1.29 is 0 Å². The summed E-state index contributed by atoms with van der Waals surface area (Å²) < 4.78 is 0. The average Bonchev–Trinajstić information content (AvgIpc) is 2.93. The molecule has 1 fully saturated rings. The van der Waals surface area contributed by atoms with E-state index in [1.54, 1.807) is 6.20 Å². The average molecular weight is 322 g/mol. The number of rotatable bonds is 3. The lowest BCUT2D eigenvalue weighted by Gasteiger charge is -2.26. The van der Waals surface area contributed by atoms with Crippen LogP contribution in [0.4, 0.5) is 5.95 Å². The van der Waals surface area contributed by atoms with Gasteiger partial charge in [0.1, 0.15) is 5.65 Å². The van der Waals surface area contributed by atoms with Gasteiger partial charge in [-0.25, -0.2) is 15.0 Å². The SMILES string of the molecule is Cc1[nH]c2ncccc2c1-c1ccnc(N[C@H]2CC[C@H](N)CC2)n1. The van der Waals surface area contributed by atoms with E-state index in [0.717, 1.165) is 53.7 Å². The number of aryl methyl sites for hydroxylation is 1. The van der Waals surface area contributed by atoms with Crippen LogP contribution in [-0.4, -0.2) is 32.0 Å². The molecule has 0 unspecified atom stereocenters. The molecule has 0 aliphatic heterocycles. The zero-order valence-electron chi connectivity index (χ0n) is 13.8. The molecule has 3 aromatic rings. The third-order valence-electron chi connectivity index (χ3n) is 4.77. The van der Waals surface area contributed by atoms with E-state index in [1.807, 2.05) is 18.3 Å². The first kappa shape index (κ1) is 15.1. The first-order chi connectivity index (χ1) is 11.7. The molecule has 0 radical (unpaired) electrons. The van der Waals surface area contributed by atoms with Gasteiger partial charge in [0.05, 0.1) is 5.69 Å². The number of nitrogens with two attached hydrogens (primary N) is 1. The predicted molar refractivity (Wildman–Crippen MR) is 95.7 cm³/mol. The van der Waals surface area contributed by atoms with E-state index in [-0.39, 0.29) is 0 Å². The van der Waals surface area contributed by atoms with Crippen molar-refractivity contribution in [2.24, 2.45) is 5.73 Å². The van der Waals surface area contributed by atoms with Crippen LogP contribution in [0.1, 0.15) is 31.4 Å². The number of pyridine rings is 1. The Bertz CT molecular complexity index is 848. The molecule has 0 spiro atoms. The van der Waals surface area contributed by atoms with Crippen LogP contribution in [0.5, 0.6) is 0 Å². The lowest BCUT2D eigenvalue weighted by molar-refractivity contribution is 0.410. The minimum Gasteiger partial charge on any atom is -0.351 e. The van der Waals surface area contributed by atoms with Crippen molar-refractivity contribution in [1.29, 1.82) is 0 Å². The molecule has 0 saturated heterocycles. The molecule has 0 bridgehead atoms. The normalized spacial score (nSPS) is 21.1. The van der Waals surface area contributed by atoms with Gasteiger partial charge in [0.2, 0.25) is 5.95 Å². The quantitative estimate of drug-likeness (QED) is 0.689. The Labute approximate surface area is 140 Å². The van der Waals surface area contributed by atoms with E-state index in [9.17, 15) is 0 Å². The Morgan fingerprint density at radius 2 is 1.96 bits per heavy atom. The van der Waals surface area contributed by atoms with Gasteiger partial charge in [0, 0.05) is 41.1 Å². The Morgan fingerprint density at radius 1 is 1.12 bits per heavy atom. The van der Waals surface area contributed by atoms with Crippen molar-refractivity contribution in [2.45, 2.75) is 44.7 Å². The van der Waals surface area contributed by atoms with Gasteiger partial charge in [-0.05, 0) is 50.8 Å². The zero-order valence-corrected chi connectivity index (χ0v) is 13.8. The smallest absolute Gasteiger partial charge is 0.223 e. The van der Waals surface area contributed by atoms with E-state index < -0.39 is 0 Å². The summed E-state index contributed by atoms with van der Waals surface area (Å²) in [6, 6.07) is 6.72. The highest BCUT2D eigenvalue weighted by atomic mass is 15.1. The highest BCUT2D eigenvalue weighted by molar-refractivity contribution is 5.94. The van der Waals surface area contributed by atoms with Crippen LogP contribution in [0.2, 0.25) is 0 Å². The van der Waals surface area contributed by atoms with E-state index in [2.05, 4.69) is 33.3 Å². The molecule has 0 aromatic carbocycles. The van der Waals surface area contributed by atoms with Crippen LogP contribution < -0.4 is 11.1 Å². The largest absolute Gasteiger partial charge is 0.351 e. The molecule has 0 amide bonds. The number of fused-ring (bicyclic) bond motifs is 1. The lowest BCUT2D eigenvalue weighted by atomic mass is 9.92. The number of nitrogens with zero attached hydrogens (tertiary/aromatic N) is 3. The highest BCUT2D eigenvalue weighted by Gasteiger charge is 2.19. The van der Waals surface area contributed by atoms with Crippen molar-refractivity contribution >= 4 is 17.0 Å². The summed E-state index contributed by atoms with van der Waals surface area (Å²) in [7, 11) is 0. The van der Waals surface area contributed by atoms with Gasteiger partial charge >= 0.3 is 0 Å². The van der Waals surface area contributed by atoms with Gasteiger partial charge in [-0.3, -0.25) is 0 Å². The first-order valence-electron chi connectivity index (χ1n) is 8.49. The summed E-state index contributed by atoms with van der Waals surface area (Å²) in [6.45, 7) is 2.05. The number of hydrogen-bond acceptors (Lipinski definition) is 5. The van der Waals surface area contributed by atoms with Crippen molar-refractivity contribution in [1.82, 2.24) is 19.9 Å². The maximum Gasteiger partial charge on any atom is 0.223 e. The highest BCUT2D eigenvalue weighted by Crippen LogP contribution is 2.30. The number of aromatic nitrogens is 4. The van der Waals surface area contributed by atoms with Crippen molar-refractivity contribution in [2.75, 3.05) is 5.32 Å². The second kappa shape index (κ2) is 6.20. The van der Waals surface area contributed by atoms with Gasteiger partial charge in [-0.15, -0.1) is 0 Å². The number of hydrogen-bond donors (Lipinski definition) is 3. The van der Waals surface area contributed by atoms with Gasteiger partial charge in [-0.2, -0.15) is 0 Å². The minimum absolute atomic E-state index is 0.344. The topological polar surface area (TPSA) is 92.5 Å². The zero-order chi connectivity index (χ0) is 16.5. The summed E-state index contributed by atoms with van der Waals surface area (Å²) in [5, 5.41) is 4.55. The molecule has 1 aliphatic rings. The Kier molecular flexibility index (Phi) is 3.90. The summed E-state index contributed by atoms with van der Waals surface area (Å²) in [4.78, 5) is 16.8. The molecule has 4 rings (SSSR count). The van der Waals surface area contributed by atoms with Crippen LogP contribution in [-0.2, 0) is 0 Å². The number of aromatic amines is 1. The summed E-state index contributed by atoms with van der Waals surface area (Å²) in [5.41, 5.74) is 9.94. The predicted octanol–water partition coefficient (Wildman–Crippen LogP) is 3.01. The number of H-pyrrole nitrogens is 1. The molecular formula is C18H22N6. The molecule has 3 heterocycles. The fraction of sp³-hybridized carbons (Fsp3) is 0.389. The number of anilines is 1. The summed E-state index contributed by atoms with van der Waals surface area (Å²) in [6.07, 6.45) is 7.88. The van der Waals surface area contributed by atoms with E-state index in [4.69, 9.17) is 10.7 Å². The van der Waals surface area contributed by atoms with Gasteiger partial charge < -0.3 is 16.0 Å². The molecule has 6 heteroatoms. The maximum absolute atomic E-state index is 5.98. The molecular weight excluding hydrogens is 300 g/mol. The third kappa shape index (κ3) is 2.85. The van der Waals surface area contributed by atoms with Gasteiger partial charge in [0.15, 0.2) is 0 Å². The molecule has 3 aromatic heterocycles. The Hall–Kier alpha value is -2.47. The fourth-order valence-electron chi connectivity index (χ4n) is 3.49. The standard InChI is InChI=1S/C18H22N6/c1-11-16(14-3-2-9-20-17(14)22-11)15-8-10-21-18(24-15)23-13-6-4-12(19)5-7-13/h2-3,8-10,12-13H,4-7,19H2,1H3,(H,20,22)(H,21,23,24)/t12-,13-. The fourth-order valence-corrected chi connectivity index (χ4v) is 3.49. The second-order valence-electron chi connectivity index (χ2n) is 6.55. The van der Waals surface area contributed by atoms with Gasteiger partial charge in [-0.1, -0.05) is 0 Å². The lowest BCUT2D eigenvalue weighted by Crippen LogP contribution is -2.33. The maximum atomic E-state index is 5.98. The van der Waals surface area contributed by atoms with Crippen LogP contribution in [0, 0.1) is 6.92 Å². The molecule has 1 saturated carbocycles. The van der Waals surface area contributed by atoms with Crippen molar-refractivity contribution in [3.8, 4) is 11.3 Å². The van der Waals surface area contributed by atoms with Crippen molar-refractivity contribution in [3.63, 3.8) is 0 Å². The molecule has 4 N–H and O–H groups in total. The van der Waals surface area contributed by atoms with Crippen LogP contribution in [0.25, 0.3) is 22.3 Å². The molecule has 24 heavy (non-hydrogen) atoms. The Balaban J connectivity index is 1.63. The number of nitrogens with one attached hydrogen (secondary N) is 2. The van der Waals surface area contributed by atoms with E-state index in [0.29, 0.717) is 18.0 Å². The minimum atomic E-state index is 0.344. The molecule has 0 atom stereocenters. The van der Waals surface area contributed by atoms with Crippen LogP contribution >= 0.6 is 0 Å². The molecule has 124 valence electrons.